The molecule has 7 aliphatic rings. The zero-order valence-electron chi connectivity index (χ0n) is 37.0. The van der Waals surface area contributed by atoms with E-state index in [1.54, 1.807) is 194 Å². The fourth-order valence-corrected chi connectivity index (χ4v) is 27.3. The van der Waals surface area contributed by atoms with Crippen LogP contribution in [0.25, 0.3) is 291 Å². The summed E-state index contributed by atoms with van der Waals surface area (Å²) in [6.07, 6.45) is 0. The van der Waals surface area contributed by atoms with Gasteiger partial charge in [0, 0.05) is 0 Å². The van der Waals surface area contributed by atoms with E-state index >= 15 is 0 Å². The standard InChI is InChI=1S/C70H10O3/c71-5-67-7-3-1-2-4-8(7)68(6-72,73-67)70-65-57-49-39-29-21-13-10-9-11-15-17(13)25-31-23(15)33-27-19(11)20-12(9)16-18-14(10)22(21)30-36-26(18)32-24(16)34-28(20)38-37(27)47-41(33)51-45(31)53(43(49)35(25)29)61(65)59(51)63-55(47)56-48(38)42(34)52-46(32)54-44(36)50(40(30)39)58(57)66(70)62(54)60(52)64(56)69(63,67)70/h1-4,71-72H,5-6H2/t67-,68+,69?,70?. The molecule has 2 heterocycles. The second kappa shape index (κ2) is 6.06. The van der Waals surface area contributed by atoms with Crippen molar-refractivity contribution in [2.75, 3.05) is 13.2 Å². The van der Waals surface area contributed by atoms with Crippen LogP contribution < -0.4 is 0 Å². The van der Waals surface area contributed by atoms with E-state index < -0.39 is 22.0 Å². The highest BCUT2D eigenvalue weighted by Gasteiger charge is 2.90. The second-order valence-corrected chi connectivity index (χ2v) is 26.9. The number of hydrogen-bond acceptors (Lipinski definition) is 3. The molecule has 2 N–H and O–H groups in total. The molecule has 3 heteroatoms. The molecule has 0 radical (unpaired) electrons. The summed E-state index contributed by atoms with van der Waals surface area (Å²) in [7, 11) is 0. The first-order valence-corrected chi connectivity index (χ1v) is 27.1. The number of ether oxygens (including phenoxy) is 1. The highest BCUT2D eigenvalue weighted by Crippen LogP contribution is 2.92. The zero-order valence-corrected chi connectivity index (χ0v) is 37.0. The van der Waals surface area contributed by atoms with Gasteiger partial charge < -0.3 is 14.9 Å². The van der Waals surface area contributed by atoms with Crippen LogP contribution in [-0.2, 0) is 26.8 Å². The minimum absolute atomic E-state index is 0.162. The van der Waals surface area contributed by atoms with Gasteiger partial charge in [-0.2, -0.15) is 0 Å². The van der Waals surface area contributed by atoms with Gasteiger partial charge >= 0.3 is 0 Å². The Kier molecular flexibility index (Phi) is 2.28. The lowest BCUT2D eigenvalue weighted by Crippen LogP contribution is -2.66. The summed E-state index contributed by atoms with van der Waals surface area (Å²) in [5.74, 6) is 0. The predicted molar refractivity (Wildman–Crippen MR) is 299 cm³/mol. The first kappa shape index (κ1) is 27.4. The quantitative estimate of drug-likeness (QED) is 0.170. The lowest BCUT2D eigenvalue weighted by molar-refractivity contribution is -0.142. The van der Waals surface area contributed by atoms with Gasteiger partial charge in [0.05, 0.1) is 24.0 Å². The fraction of sp³-hybridized carbons (Fsp3) is 0.0857. The first-order chi connectivity index (χ1) is 36.3. The van der Waals surface area contributed by atoms with Crippen molar-refractivity contribution in [3.05, 3.63) is 57.6 Å². The Morgan fingerprint density at radius 3 is 0.493 bits per heavy atom. The predicted octanol–water partition coefficient (Wildman–Crippen LogP) is 16.4. The van der Waals surface area contributed by atoms with Crippen molar-refractivity contribution in [3.63, 3.8) is 0 Å². The lowest BCUT2D eigenvalue weighted by atomic mass is 9.37. The van der Waals surface area contributed by atoms with Crippen LogP contribution in [0.3, 0.4) is 0 Å². The topological polar surface area (TPSA) is 49.7 Å². The molecule has 1 fully saturated rings. The van der Waals surface area contributed by atoms with Gasteiger partial charge in [-0.05, 0) is 324 Å². The summed E-state index contributed by atoms with van der Waals surface area (Å²) in [6, 6.07) is 9.01. The van der Waals surface area contributed by atoms with E-state index in [2.05, 4.69) is 24.3 Å². The number of aliphatic hydroxyl groups excluding tert-OH is 2. The normalized spacial score (nSPS) is 26.5. The van der Waals surface area contributed by atoms with Crippen LogP contribution >= 0.6 is 0 Å². The fourth-order valence-electron chi connectivity index (χ4n) is 27.3. The van der Waals surface area contributed by atoms with Crippen molar-refractivity contribution in [1.82, 2.24) is 0 Å². The summed E-state index contributed by atoms with van der Waals surface area (Å²) >= 11 is 0. The summed E-state index contributed by atoms with van der Waals surface area (Å²) in [5, 5.41) is 110. The molecule has 29 aromatic rings. The summed E-state index contributed by atoms with van der Waals surface area (Å²) in [4.78, 5) is 0. The molecule has 0 saturated carbocycles. The highest BCUT2D eigenvalue weighted by atomic mass is 16.6. The highest BCUT2D eigenvalue weighted by molar-refractivity contribution is 6.82. The van der Waals surface area contributed by atoms with E-state index in [4.69, 9.17) is 4.74 Å². The largest absolute Gasteiger partial charge is 0.393 e. The van der Waals surface area contributed by atoms with E-state index in [0.717, 1.165) is 11.1 Å². The van der Waals surface area contributed by atoms with Crippen molar-refractivity contribution >= 4 is 291 Å². The minimum Gasteiger partial charge on any atom is -0.393 e. The van der Waals surface area contributed by atoms with Gasteiger partial charge in [-0.15, -0.1) is 0 Å². The molecule has 1 saturated heterocycles. The van der Waals surface area contributed by atoms with E-state index in [9.17, 15) is 10.2 Å². The van der Waals surface area contributed by atoms with E-state index in [1.807, 2.05) is 0 Å². The number of aliphatic hydroxyl groups is 2. The molecule has 2 bridgehead atoms. The Labute approximate surface area is 396 Å². The summed E-state index contributed by atoms with van der Waals surface area (Å²) < 4.78 is 8.44. The Morgan fingerprint density at radius 1 is 0.219 bits per heavy atom. The SMILES string of the molecule is OC[C@]12O[C@](CO)(c3ccccc31)C13c4c5c6c7c8c9c(c%10c%11c1c1c4c4c%12c5c5c6c6c8c8c%13c9c9c%10c%10c%11c%11c1c1c4c4c%12c%12c5c5c6c8c6c8c%13c9c9c%10c%10c%11c1c1c4c4c%12c5c6c5c8c9c%10c1c45)C732. The number of hydrogen-bond donors (Lipinski definition) is 2. The maximum Gasteiger partial charge on any atom is 0.133 e. The number of benzene rings is 19. The van der Waals surface area contributed by atoms with Crippen molar-refractivity contribution in [1.29, 1.82) is 0 Å². The third-order valence-corrected chi connectivity index (χ3v) is 27.1. The first-order valence-electron chi connectivity index (χ1n) is 27.1. The molecule has 308 valence electrons. The molecule has 5 aliphatic carbocycles. The molecular formula is C70H10O3. The molecule has 0 aromatic heterocycles. The minimum atomic E-state index is -1.17. The van der Waals surface area contributed by atoms with E-state index in [-0.39, 0.29) is 13.2 Å². The van der Waals surface area contributed by atoms with Crippen LogP contribution in [0.1, 0.15) is 33.4 Å². The molecule has 73 heavy (non-hydrogen) atoms. The zero-order chi connectivity index (χ0) is 43.6. The maximum absolute atomic E-state index is 13.3. The lowest BCUT2D eigenvalue weighted by Gasteiger charge is -2.60. The van der Waals surface area contributed by atoms with Gasteiger partial charge in [0.1, 0.15) is 11.2 Å². The van der Waals surface area contributed by atoms with Crippen molar-refractivity contribution in [3.8, 4) is 0 Å². The Morgan fingerprint density at radius 2 is 0.356 bits per heavy atom. The van der Waals surface area contributed by atoms with Crippen LogP contribution in [0.15, 0.2) is 24.3 Å². The Balaban J connectivity index is 1.18. The molecule has 2 spiro atoms. The van der Waals surface area contributed by atoms with E-state index in [0.29, 0.717) is 0 Å². The van der Waals surface area contributed by atoms with Crippen LogP contribution in [0.4, 0.5) is 0 Å². The van der Waals surface area contributed by atoms with Crippen molar-refractivity contribution in [2.24, 2.45) is 0 Å². The monoisotopic (exact) mass is 898 g/mol. The molecule has 2 aliphatic heterocycles. The Bertz CT molecular complexity index is 7000. The summed E-state index contributed by atoms with van der Waals surface area (Å²) in [6.45, 7) is -0.324. The Hall–Kier alpha value is -8.44. The van der Waals surface area contributed by atoms with Gasteiger partial charge in [0.2, 0.25) is 0 Å². The third kappa shape index (κ3) is 1.38. The van der Waals surface area contributed by atoms with Crippen molar-refractivity contribution in [2.45, 2.75) is 22.0 Å². The van der Waals surface area contributed by atoms with Gasteiger partial charge in [0.25, 0.3) is 0 Å². The second-order valence-electron chi connectivity index (χ2n) is 26.9. The van der Waals surface area contributed by atoms with Gasteiger partial charge in [-0.25, -0.2) is 0 Å². The van der Waals surface area contributed by atoms with Gasteiger partial charge in [-0.1, -0.05) is 24.3 Å². The molecule has 0 unspecified atom stereocenters. The molecule has 3 nitrogen and oxygen atoms in total. The molecule has 29 aromatic carbocycles. The summed E-state index contributed by atoms with van der Waals surface area (Å²) in [5.41, 5.74) is 3.95. The molecule has 2 atom stereocenters. The van der Waals surface area contributed by atoms with Gasteiger partial charge in [0.15, 0.2) is 0 Å². The van der Waals surface area contributed by atoms with Crippen LogP contribution in [0.2, 0.25) is 0 Å². The van der Waals surface area contributed by atoms with Crippen LogP contribution in [0, 0.1) is 0 Å². The molecule has 0 amide bonds. The number of rotatable bonds is 2. The molecular weight excluding hydrogens is 889 g/mol. The van der Waals surface area contributed by atoms with Crippen molar-refractivity contribution < 1.29 is 14.9 Å². The van der Waals surface area contributed by atoms with Crippen LogP contribution in [-0.4, -0.2) is 23.4 Å². The maximum atomic E-state index is 13.3. The van der Waals surface area contributed by atoms with Gasteiger partial charge in [-0.3, -0.25) is 0 Å². The smallest absolute Gasteiger partial charge is 0.133 e. The molecule has 36 rings (SSSR count). The van der Waals surface area contributed by atoms with E-state index in [1.165, 1.54) is 119 Å². The third-order valence-electron chi connectivity index (χ3n) is 27.1. The average molecular weight is 899 g/mol. The average Bonchev–Trinajstić information content (AvgIpc) is 4.11. The van der Waals surface area contributed by atoms with Crippen LogP contribution in [0.5, 0.6) is 0 Å².